The monoisotopic (exact) mass is 281 g/mol. The van der Waals surface area contributed by atoms with Crippen molar-refractivity contribution in [2.45, 2.75) is 25.8 Å². The highest BCUT2D eigenvalue weighted by Crippen LogP contribution is 2.12. The van der Waals surface area contributed by atoms with Crippen molar-refractivity contribution in [3.63, 3.8) is 0 Å². The Balaban J connectivity index is 2.36. The van der Waals surface area contributed by atoms with Gasteiger partial charge in [-0.2, -0.15) is 0 Å². The third-order valence-corrected chi connectivity index (χ3v) is 2.97. The summed E-state index contributed by atoms with van der Waals surface area (Å²) in [5, 5.41) is 23.7. The SMILES string of the molecule is CC(C)(CCO)NCCOc1ccc(/C(N)=N/O)cc1. The number of nitrogens with zero attached hydrogens (tertiary/aromatic N) is 1. The van der Waals surface area contributed by atoms with Gasteiger partial charge >= 0.3 is 0 Å². The first-order valence-corrected chi connectivity index (χ1v) is 6.55. The van der Waals surface area contributed by atoms with Crippen LogP contribution in [0.15, 0.2) is 29.4 Å². The maximum Gasteiger partial charge on any atom is 0.170 e. The van der Waals surface area contributed by atoms with Crippen molar-refractivity contribution in [3.05, 3.63) is 29.8 Å². The molecule has 0 heterocycles. The molecule has 1 aromatic rings. The van der Waals surface area contributed by atoms with Gasteiger partial charge in [0.1, 0.15) is 12.4 Å². The van der Waals surface area contributed by atoms with E-state index in [0.29, 0.717) is 25.1 Å². The van der Waals surface area contributed by atoms with Crippen LogP contribution in [0.1, 0.15) is 25.8 Å². The lowest BCUT2D eigenvalue weighted by molar-refractivity contribution is 0.219. The van der Waals surface area contributed by atoms with E-state index in [2.05, 4.69) is 10.5 Å². The predicted molar refractivity (Wildman–Crippen MR) is 78.2 cm³/mol. The molecule has 0 aliphatic heterocycles. The molecule has 0 radical (unpaired) electrons. The zero-order valence-electron chi connectivity index (χ0n) is 12.0. The maximum atomic E-state index is 8.92. The first-order chi connectivity index (χ1) is 9.48. The summed E-state index contributed by atoms with van der Waals surface area (Å²) in [5.41, 5.74) is 6.01. The minimum absolute atomic E-state index is 0.0731. The topological polar surface area (TPSA) is 100 Å². The van der Waals surface area contributed by atoms with Crippen LogP contribution in [-0.2, 0) is 0 Å². The molecule has 0 aliphatic rings. The van der Waals surface area contributed by atoms with E-state index in [1.54, 1.807) is 24.3 Å². The minimum Gasteiger partial charge on any atom is -0.492 e. The second-order valence-corrected chi connectivity index (χ2v) is 5.14. The fourth-order valence-electron chi connectivity index (χ4n) is 1.71. The molecule has 5 N–H and O–H groups in total. The van der Waals surface area contributed by atoms with Gasteiger partial charge in [0.25, 0.3) is 0 Å². The van der Waals surface area contributed by atoms with Crippen molar-refractivity contribution in [2.24, 2.45) is 10.9 Å². The average Bonchev–Trinajstić information content (AvgIpc) is 2.43. The molecule has 1 rings (SSSR count). The number of nitrogens with one attached hydrogen (secondary N) is 1. The lowest BCUT2D eigenvalue weighted by atomic mass is 10.0. The molecule has 6 nitrogen and oxygen atoms in total. The molecule has 0 aromatic heterocycles. The molecule has 0 aliphatic carbocycles. The first-order valence-electron chi connectivity index (χ1n) is 6.55. The molecule has 20 heavy (non-hydrogen) atoms. The number of aliphatic hydroxyl groups excluding tert-OH is 1. The largest absolute Gasteiger partial charge is 0.492 e. The van der Waals surface area contributed by atoms with Gasteiger partial charge in [0.05, 0.1) is 0 Å². The number of hydrogen-bond donors (Lipinski definition) is 4. The Morgan fingerprint density at radius 2 is 2.00 bits per heavy atom. The van der Waals surface area contributed by atoms with Gasteiger partial charge in [-0.05, 0) is 44.5 Å². The number of ether oxygens (including phenoxy) is 1. The standard InChI is InChI=1S/C14H23N3O3/c1-14(2,7-9-18)16-8-10-20-12-5-3-11(4-6-12)13(15)17-19/h3-6,16,18-19H,7-10H2,1-2H3,(H2,15,17). The highest BCUT2D eigenvalue weighted by molar-refractivity contribution is 5.97. The Labute approximate surface area is 119 Å². The van der Waals surface area contributed by atoms with E-state index in [4.69, 9.17) is 20.8 Å². The highest BCUT2D eigenvalue weighted by Gasteiger charge is 2.15. The van der Waals surface area contributed by atoms with Crippen LogP contribution in [0.4, 0.5) is 0 Å². The predicted octanol–water partition coefficient (Wildman–Crippen LogP) is 0.910. The Morgan fingerprint density at radius 3 is 2.55 bits per heavy atom. The summed E-state index contributed by atoms with van der Waals surface area (Å²) >= 11 is 0. The van der Waals surface area contributed by atoms with E-state index >= 15 is 0 Å². The van der Waals surface area contributed by atoms with Crippen LogP contribution in [0.3, 0.4) is 0 Å². The molecule has 0 saturated heterocycles. The number of nitrogens with two attached hydrogens (primary N) is 1. The Kier molecular flexibility index (Phi) is 6.27. The number of benzene rings is 1. The summed E-state index contributed by atoms with van der Waals surface area (Å²) in [7, 11) is 0. The molecule has 0 fully saturated rings. The van der Waals surface area contributed by atoms with Gasteiger partial charge in [-0.25, -0.2) is 0 Å². The maximum absolute atomic E-state index is 8.92. The average molecular weight is 281 g/mol. The van der Waals surface area contributed by atoms with Gasteiger partial charge in [0.2, 0.25) is 0 Å². The fourth-order valence-corrected chi connectivity index (χ4v) is 1.71. The first kappa shape index (κ1) is 16.3. The van der Waals surface area contributed by atoms with E-state index in [1.807, 2.05) is 13.8 Å². The second-order valence-electron chi connectivity index (χ2n) is 5.14. The van der Waals surface area contributed by atoms with Crippen LogP contribution in [0.25, 0.3) is 0 Å². The van der Waals surface area contributed by atoms with Gasteiger partial charge in [-0.1, -0.05) is 5.16 Å². The molecule has 0 saturated carbocycles. The van der Waals surface area contributed by atoms with Crippen LogP contribution in [0, 0.1) is 0 Å². The summed E-state index contributed by atoms with van der Waals surface area (Å²) < 4.78 is 5.58. The smallest absolute Gasteiger partial charge is 0.170 e. The number of hydrogen-bond acceptors (Lipinski definition) is 5. The Hall–Kier alpha value is -1.79. The van der Waals surface area contributed by atoms with Crippen molar-refractivity contribution in [1.82, 2.24) is 5.32 Å². The summed E-state index contributed by atoms with van der Waals surface area (Å²) in [5.74, 6) is 0.797. The second kappa shape index (κ2) is 7.72. The van der Waals surface area contributed by atoms with Gasteiger partial charge in [0, 0.05) is 24.3 Å². The van der Waals surface area contributed by atoms with E-state index < -0.39 is 0 Å². The quantitative estimate of drug-likeness (QED) is 0.187. The molecule has 1 aromatic carbocycles. The summed E-state index contributed by atoms with van der Waals surface area (Å²) in [6, 6.07) is 7.00. The van der Waals surface area contributed by atoms with E-state index in [1.165, 1.54) is 0 Å². The number of rotatable bonds is 8. The summed E-state index contributed by atoms with van der Waals surface area (Å²) in [6.07, 6.45) is 0.696. The van der Waals surface area contributed by atoms with Gasteiger partial charge in [-0.15, -0.1) is 0 Å². The molecule has 6 heteroatoms. The van der Waals surface area contributed by atoms with Crippen LogP contribution >= 0.6 is 0 Å². The van der Waals surface area contributed by atoms with Crippen LogP contribution in [0.2, 0.25) is 0 Å². The van der Waals surface area contributed by atoms with Crippen molar-refractivity contribution in [3.8, 4) is 5.75 Å². The van der Waals surface area contributed by atoms with Gasteiger partial charge in [0.15, 0.2) is 5.84 Å². The molecular weight excluding hydrogens is 258 g/mol. The molecule has 0 atom stereocenters. The van der Waals surface area contributed by atoms with Crippen LogP contribution in [0.5, 0.6) is 5.75 Å². The van der Waals surface area contributed by atoms with Gasteiger partial charge in [-0.3, -0.25) is 0 Å². The number of oxime groups is 1. The lowest BCUT2D eigenvalue weighted by Gasteiger charge is -2.25. The van der Waals surface area contributed by atoms with Crippen molar-refractivity contribution >= 4 is 5.84 Å². The zero-order valence-corrected chi connectivity index (χ0v) is 12.0. The molecule has 112 valence electrons. The fraction of sp³-hybridized carbons (Fsp3) is 0.500. The molecule has 0 amide bonds. The molecule has 0 bridgehead atoms. The molecule has 0 spiro atoms. The Bertz CT molecular complexity index is 430. The van der Waals surface area contributed by atoms with Crippen molar-refractivity contribution in [2.75, 3.05) is 19.8 Å². The number of aliphatic hydroxyl groups is 1. The number of amidine groups is 1. The summed E-state index contributed by atoms with van der Waals surface area (Å²) in [6.45, 7) is 5.45. The lowest BCUT2D eigenvalue weighted by Crippen LogP contribution is -2.42. The normalized spacial score (nSPS) is 12.4. The van der Waals surface area contributed by atoms with Crippen LogP contribution < -0.4 is 15.8 Å². The Morgan fingerprint density at radius 1 is 1.35 bits per heavy atom. The minimum atomic E-state index is -0.103. The summed E-state index contributed by atoms with van der Waals surface area (Å²) in [4.78, 5) is 0. The van der Waals surface area contributed by atoms with E-state index in [0.717, 1.165) is 5.75 Å². The van der Waals surface area contributed by atoms with E-state index in [9.17, 15) is 0 Å². The van der Waals surface area contributed by atoms with E-state index in [-0.39, 0.29) is 18.0 Å². The van der Waals surface area contributed by atoms with Crippen LogP contribution in [-0.4, -0.2) is 41.4 Å². The molecular formula is C14H23N3O3. The molecule has 0 unspecified atom stereocenters. The van der Waals surface area contributed by atoms with Crippen molar-refractivity contribution < 1.29 is 15.1 Å². The third kappa shape index (κ3) is 5.46. The zero-order chi connectivity index (χ0) is 15.0. The van der Waals surface area contributed by atoms with Gasteiger partial charge < -0.3 is 26.1 Å². The third-order valence-electron chi connectivity index (χ3n) is 2.97. The highest BCUT2D eigenvalue weighted by atomic mass is 16.5. The van der Waals surface area contributed by atoms with Crippen molar-refractivity contribution in [1.29, 1.82) is 0 Å².